The van der Waals surface area contributed by atoms with Crippen molar-refractivity contribution >= 4 is 17.0 Å². The van der Waals surface area contributed by atoms with Crippen LogP contribution in [0, 0.1) is 12.7 Å². The molecule has 2 aromatic heterocycles. The molecular formula is C23H21FN4O4. The maximum Gasteiger partial charge on any atom is 0.265 e. The number of aromatic nitrogens is 3. The van der Waals surface area contributed by atoms with Crippen molar-refractivity contribution in [2.45, 2.75) is 20.4 Å². The maximum absolute atomic E-state index is 13.3. The lowest BCUT2D eigenvalue weighted by atomic mass is 10.1. The van der Waals surface area contributed by atoms with E-state index >= 15 is 0 Å². The Labute approximate surface area is 183 Å². The highest BCUT2D eigenvalue weighted by Gasteiger charge is 2.20. The Balaban J connectivity index is 1.46. The number of fused-ring (bicyclic) bond motifs is 1. The molecule has 4 rings (SSSR count). The van der Waals surface area contributed by atoms with Gasteiger partial charge in [-0.1, -0.05) is 17.3 Å². The van der Waals surface area contributed by atoms with Gasteiger partial charge in [-0.3, -0.25) is 4.79 Å². The highest BCUT2D eigenvalue weighted by Crippen LogP contribution is 2.33. The van der Waals surface area contributed by atoms with Crippen molar-refractivity contribution in [3.63, 3.8) is 0 Å². The topological polar surface area (TPSA) is 99.4 Å². The Bertz CT molecular complexity index is 1220. The molecule has 0 saturated heterocycles. The smallest absolute Gasteiger partial charge is 0.265 e. The second kappa shape index (κ2) is 9.42. The highest BCUT2D eigenvalue weighted by molar-refractivity contribution is 5.93. The van der Waals surface area contributed by atoms with Crippen molar-refractivity contribution in [1.29, 1.82) is 0 Å². The SMILES string of the molecule is CCOc1ccc(CNC(=O)COc2nc(C)nc3onc(-c4ccc(F)cc4)c23)cc1. The molecule has 0 spiro atoms. The van der Waals surface area contributed by atoms with Gasteiger partial charge in [-0.05, 0) is 55.8 Å². The zero-order valence-corrected chi connectivity index (χ0v) is 17.6. The second-order valence-electron chi connectivity index (χ2n) is 6.94. The van der Waals surface area contributed by atoms with E-state index in [2.05, 4.69) is 20.4 Å². The number of ether oxygens (including phenoxy) is 2. The first kappa shape index (κ1) is 21.2. The Morgan fingerprint density at radius 2 is 1.81 bits per heavy atom. The number of benzene rings is 2. The first-order chi connectivity index (χ1) is 15.5. The molecule has 2 heterocycles. The van der Waals surface area contributed by atoms with Crippen LogP contribution in [0.5, 0.6) is 11.6 Å². The summed E-state index contributed by atoms with van der Waals surface area (Å²) in [5, 5.41) is 7.25. The van der Waals surface area contributed by atoms with Crippen molar-refractivity contribution in [1.82, 2.24) is 20.4 Å². The molecule has 2 aromatic carbocycles. The van der Waals surface area contributed by atoms with Gasteiger partial charge in [0.25, 0.3) is 11.6 Å². The average Bonchev–Trinajstić information content (AvgIpc) is 3.21. The lowest BCUT2D eigenvalue weighted by molar-refractivity contribution is -0.123. The molecule has 0 aliphatic rings. The molecule has 0 fully saturated rings. The predicted octanol–water partition coefficient (Wildman–Crippen LogP) is 3.83. The number of rotatable bonds is 8. The molecule has 0 saturated carbocycles. The summed E-state index contributed by atoms with van der Waals surface area (Å²) < 4.78 is 29.7. The normalized spacial score (nSPS) is 10.8. The summed E-state index contributed by atoms with van der Waals surface area (Å²) >= 11 is 0. The van der Waals surface area contributed by atoms with Gasteiger partial charge in [-0.25, -0.2) is 4.39 Å². The Morgan fingerprint density at radius 1 is 1.06 bits per heavy atom. The summed E-state index contributed by atoms with van der Waals surface area (Å²) in [5.74, 6) is 0.672. The van der Waals surface area contributed by atoms with Crippen LogP contribution in [0.4, 0.5) is 4.39 Å². The number of amides is 1. The third kappa shape index (κ3) is 4.83. The van der Waals surface area contributed by atoms with E-state index in [-0.39, 0.29) is 29.9 Å². The van der Waals surface area contributed by atoms with Gasteiger partial charge >= 0.3 is 0 Å². The van der Waals surface area contributed by atoms with E-state index in [1.54, 1.807) is 19.1 Å². The lowest BCUT2D eigenvalue weighted by Gasteiger charge is -2.09. The van der Waals surface area contributed by atoms with Gasteiger partial charge in [-0.2, -0.15) is 9.97 Å². The van der Waals surface area contributed by atoms with E-state index in [0.29, 0.717) is 35.6 Å². The van der Waals surface area contributed by atoms with Crippen molar-refractivity contribution in [3.05, 3.63) is 65.7 Å². The van der Waals surface area contributed by atoms with Crippen LogP contribution in [-0.2, 0) is 11.3 Å². The van der Waals surface area contributed by atoms with Gasteiger partial charge in [0.1, 0.15) is 28.5 Å². The minimum absolute atomic E-state index is 0.171. The number of hydrogen-bond acceptors (Lipinski definition) is 7. The molecule has 9 heteroatoms. The number of carbonyl (C=O) groups excluding carboxylic acids is 1. The second-order valence-corrected chi connectivity index (χ2v) is 6.94. The van der Waals surface area contributed by atoms with Gasteiger partial charge in [-0.15, -0.1) is 0 Å². The minimum atomic E-state index is -0.366. The molecule has 164 valence electrons. The van der Waals surface area contributed by atoms with Gasteiger partial charge in [0.2, 0.25) is 5.88 Å². The molecule has 0 atom stereocenters. The van der Waals surface area contributed by atoms with E-state index in [1.807, 2.05) is 31.2 Å². The van der Waals surface area contributed by atoms with E-state index in [4.69, 9.17) is 14.0 Å². The van der Waals surface area contributed by atoms with Gasteiger partial charge in [0.15, 0.2) is 6.61 Å². The third-order valence-electron chi connectivity index (χ3n) is 4.60. The zero-order chi connectivity index (χ0) is 22.5. The van der Waals surface area contributed by atoms with Crippen LogP contribution in [0.2, 0.25) is 0 Å². The van der Waals surface area contributed by atoms with E-state index in [0.717, 1.165) is 11.3 Å². The third-order valence-corrected chi connectivity index (χ3v) is 4.60. The van der Waals surface area contributed by atoms with Crippen LogP contribution in [0.3, 0.4) is 0 Å². The van der Waals surface area contributed by atoms with E-state index < -0.39 is 0 Å². The summed E-state index contributed by atoms with van der Waals surface area (Å²) in [4.78, 5) is 20.8. The van der Waals surface area contributed by atoms with E-state index in [9.17, 15) is 9.18 Å². The predicted molar refractivity (Wildman–Crippen MR) is 115 cm³/mol. The number of carbonyl (C=O) groups is 1. The Morgan fingerprint density at radius 3 is 2.53 bits per heavy atom. The van der Waals surface area contributed by atoms with Crippen molar-refractivity contribution < 1.29 is 23.2 Å². The molecule has 8 nitrogen and oxygen atoms in total. The van der Waals surface area contributed by atoms with Crippen LogP contribution in [0.1, 0.15) is 18.3 Å². The van der Waals surface area contributed by atoms with Crippen molar-refractivity contribution in [2.75, 3.05) is 13.2 Å². The summed E-state index contributed by atoms with van der Waals surface area (Å²) in [6.45, 7) is 4.29. The molecule has 32 heavy (non-hydrogen) atoms. The lowest BCUT2D eigenvalue weighted by Crippen LogP contribution is -2.28. The molecule has 0 radical (unpaired) electrons. The van der Waals surface area contributed by atoms with Crippen LogP contribution in [0.25, 0.3) is 22.4 Å². The summed E-state index contributed by atoms with van der Waals surface area (Å²) in [6.07, 6.45) is 0. The fourth-order valence-corrected chi connectivity index (χ4v) is 3.09. The largest absolute Gasteiger partial charge is 0.494 e. The summed E-state index contributed by atoms with van der Waals surface area (Å²) in [5.41, 5.74) is 2.17. The number of hydrogen-bond donors (Lipinski definition) is 1. The molecule has 0 bridgehead atoms. The Hall–Kier alpha value is -4.01. The van der Waals surface area contributed by atoms with Gasteiger partial charge in [0.05, 0.1) is 6.61 Å². The van der Waals surface area contributed by atoms with E-state index in [1.165, 1.54) is 12.1 Å². The maximum atomic E-state index is 13.3. The quantitative estimate of drug-likeness (QED) is 0.448. The zero-order valence-electron chi connectivity index (χ0n) is 17.6. The summed E-state index contributed by atoms with van der Waals surface area (Å²) in [6, 6.07) is 13.2. The molecule has 0 unspecified atom stereocenters. The van der Waals surface area contributed by atoms with Crippen LogP contribution < -0.4 is 14.8 Å². The van der Waals surface area contributed by atoms with Crippen molar-refractivity contribution in [2.24, 2.45) is 0 Å². The molecule has 0 aliphatic heterocycles. The molecule has 1 amide bonds. The molecule has 0 aliphatic carbocycles. The highest BCUT2D eigenvalue weighted by atomic mass is 19.1. The summed E-state index contributed by atoms with van der Waals surface area (Å²) in [7, 11) is 0. The number of halogens is 1. The van der Waals surface area contributed by atoms with Crippen LogP contribution >= 0.6 is 0 Å². The standard InChI is InChI=1S/C23H21FN4O4/c1-3-30-18-10-4-15(5-11-18)12-25-19(29)13-31-22-20-21(16-6-8-17(24)9-7-16)28-32-23(20)27-14(2)26-22/h4-11H,3,12-13H2,1-2H3,(H,25,29). The van der Waals surface area contributed by atoms with Gasteiger partial charge in [0, 0.05) is 12.1 Å². The van der Waals surface area contributed by atoms with Crippen molar-refractivity contribution in [3.8, 4) is 22.9 Å². The number of nitrogens with one attached hydrogen (secondary N) is 1. The molecular weight excluding hydrogens is 415 g/mol. The fraction of sp³-hybridized carbons (Fsp3) is 0.217. The number of nitrogens with zero attached hydrogens (tertiary/aromatic N) is 3. The first-order valence-corrected chi connectivity index (χ1v) is 10.0. The minimum Gasteiger partial charge on any atom is -0.494 e. The van der Waals surface area contributed by atoms with Crippen LogP contribution in [-0.4, -0.2) is 34.2 Å². The van der Waals surface area contributed by atoms with Crippen LogP contribution in [0.15, 0.2) is 53.1 Å². The fourth-order valence-electron chi connectivity index (χ4n) is 3.09. The molecule has 1 N–H and O–H groups in total. The Kier molecular flexibility index (Phi) is 6.25. The molecule has 4 aromatic rings. The first-order valence-electron chi connectivity index (χ1n) is 10.0. The monoisotopic (exact) mass is 436 g/mol. The number of aryl methyl sites for hydroxylation is 1. The van der Waals surface area contributed by atoms with Gasteiger partial charge < -0.3 is 19.3 Å². The average molecular weight is 436 g/mol.